The summed E-state index contributed by atoms with van der Waals surface area (Å²) in [4.78, 5) is 12.1. The summed E-state index contributed by atoms with van der Waals surface area (Å²) in [5.41, 5.74) is 5.95. The zero-order valence-corrected chi connectivity index (χ0v) is 12.6. The quantitative estimate of drug-likeness (QED) is 0.784. The summed E-state index contributed by atoms with van der Waals surface area (Å²) < 4.78 is 5.11. The first kappa shape index (κ1) is 13.0. The van der Waals surface area contributed by atoms with E-state index in [4.69, 9.17) is 3.07 Å². The van der Waals surface area contributed by atoms with E-state index in [1.807, 2.05) is 29.9 Å². The smallest absolute Gasteiger partial charge is 0.166 e. The van der Waals surface area contributed by atoms with Crippen LogP contribution in [0.25, 0.3) is 0 Å². The second-order valence-electron chi connectivity index (χ2n) is 4.86. The molecule has 0 fully saturated rings. The Bertz CT molecular complexity index is 466. The molecule has 1 aliphatic rings. The maximum Gasteiger partial charge on any atom is 0.166 e. The largest absolute Gasteiger partial charge is 0.315 e. The number of hydrogen-bond donors (Lipinski definition) is 0. The lowest BCUT2D eigenvalue weighted by atomic mass is 9.92. The highest BCUT2D eigenvalue weighted by Gasteiger charge is 2.29. The minimum absolute atomic E-state index is 0.152. The standard InChI is InChI=1S/C14H17IO2/c1-8-6-11-7-9(2)14(16)13(11)10(3)12(8)4-5-17-15/h6,9H,4-5,7H2,1-3H3. The second-order valence-corrected chi connectivity index (χ2v) is 5.49. The zero-order chi connectivity index (χ0) is 12.6. The van der Waals surface area contributed by atoms with Crippen molar-refractivity contribution in [3.63, 3.8) is 0 Å². The summed E-state index contributed by atoms with van der Waals surface area (Å²) in [6.45, 7) is 6.92. The molecule has 0 saturated heterocycles. The molecule has 92 valence electrons. The van der Waals surface area contributed by atoms with Crippen LogP contribution in [0.15, 0.2) is 6.07 Å². The maximum atomic E-state index is 12.1. The number of aryl methyl sites for hydroxylation is 1. The minimum atomic E-state index is 0.152. The number of ketones is 1. The van der Waals surface area contributed by atoms with Crippen molar-refractivity contribution in [2.75, 3.05) is 6.61 Å². The number of hydrogen-bond acceptors (Lipinski definition) is 2. The molecule has 0 heterocycles. The monoisotopic (exact) mass is 344 g/mol. The third-order valence-corrected chi connectivity index (χ3v) is 4.11. The SMILES string of the molecule is Cc1cc2c(c(C)c1CCOI)C(=O)C(C)C2. The summed E-state index contributed by atoms with van der Waals surface area (Å²) in [7, 11) is 0. The van der Waals surface area contributed by atoms with Gasteiger partial charge >= 0.3 is 0 Å². The Kier molecular flexibility index (Phi) is 3.88. The van der Waals surface area contributed by atoms with Crippen molar-refractivity contribution in [1.82, 2.24) is 0 Å². The molecule has 0 amide bonds. The maximum absolute atomic E-state index is 12.1. The number of Topliss-reactive ketones (excluding diaryl/α,β-unsaturated/α-hetero) is 1. The van der Waals surface area contributed by atoms with Crippen LogP contribution in [0.3, 0.4) is 0 Å². The van der Waals surface area contributed by atoms with Crippen molar-refractivity contribution >= 4 is 28.8 Å². The summed E-state index contributed by atoms with van der Waals surface area (Å²) in [5, 5.41) is 0. The molecule has 3 heteroatoms. The molecule has 0 aliphatic heterocycles. The van der Waals surface area contributed by atoms with Gasteiger partial charge in [-0.25, -0.2) is 0 Å². The predicted molar refractivity (Wildman–Crippen MR) is 76.8 cm³/mol. The lowest BCUT2D eigenvalue weighted by Gasteiger charge is -2.13. The number of rotatable bonds is 3. The van der Waals surface area contributed by atoms with E-state index in [-0.39, 0.29) is 5.92 Å². The van der Waals surface area contributed by atoms with Gasteiger partial charge in [0.05, 0.1) is 6.61 Å². The fourth-order valence-electron chi connectivity index (χ4n) is 2.81. The molecular formula is C14H17IO2. The molecule has 0 spiro atoms. The van der Waals surface area contributed by atoms with Crippen molar-refractivity contribution in [2.24, 2.45) is 5.92 Å². The molecule has 1 aromatic carbocycles. The molecule has 1 unspecified atom stereocenters. The third-order valence-electron chi connectivity index (χ3n) is 3.66. The molecule has 0 aromatic heterocycles. The lowest BCUT2D eigenvalue weighted by molar-refractivity contribution is 0.0945. The predicted octanol–water partition coefficient (Wildman–Crippen LogP) is 3.59. The molecule has 0 radical (unpaired) electrons. The van der Waals surface area contributed by atoms with Crippen molar-refractivity contribution in [2.45, 2.75) is 33.6 Å². The van der Waals surface area contributed by atoms with Gasteiger partial charge < -0.3 is 3.07 Å². The van der Waals surface area contributed by atoms with E-state index in [9.17, 15) is 4.79 Å². The average Bonchev–Trinajstić information content (AvgIpc) is 2.54. The van der Waals surface area contributed by atoms with Gasteiger partial charge in [0.15, 0.2) is 5.78 Å². The van der Waals surface area contributed by atoms with E-state index in [0.717, 1.165) is 18.4 Å². The Hall–Kier alpha value is -0.420. The molecule has 1 aromatic rings. The average molecular weight is 344 g/mol. The van der Waals surface area contributed by atoms with E-state index in [1.54, 1.807) is 0 Å². The molecule has 1 aliphatic carbocycles. The number of benzene rings is 1. The van der Waals surface area contributed by atoms with Gasteiger partial charge in [0.25, 0.3) is 0 Å². The van der Waals surface area contributed by atoms with Crippen LogP contribution < -0.4 is 0 Å². The van der Waals surface area contributed by atoms with Crippen LogP contribution in [0, 0.1) is 19.8 Å². The number of halogens is 1. The third kappa shape index (κ3) is 2.27. The molecule has 0 bridgehead atoms. The van der Waals surface area contributed by atoms with Crippen LogP contribution >= 0.6 is 23.0 Å². The normalized spacial score (nSPS) is 18.6. The van der Waals surface area contributed by atoms with Crippen LogP contribution in [0.4, 0.5) is 0 Å². The highest BCUT2D eigenvalue weighted by atomic mass is 127. The highest BCUT2D eigenvalue weighted by Crippen LogP contribution is 2.32. The molecule has 17 heavy (non-hydrogen) atoms. The van der Waals surface area contributed by atoms with Gasteiger partial charge in [-0.15, -0.1) is 0 Å². The van der Waals surface area contributed by atoms with E-state index >= 15 is 0 Å². The summed E-state index contributed by atoms with van der Waals surface area (Å²) >= 11 is 1.92. The Balaban J connectivity index is 2.48. The van der Waals surface area contributed by atoms with Crippen LogP contribution in [-0.4, -0.2) is 12.4 Å². The van der Waals surface area contributed by atoms with E-state index in [0.29, 0.717) is 12.4 Å². The van der Waals surface area contributed by atoms with Gasteiger partial charge in [0.1, 0.15) is 23.0 Å². The molecule has 0 N–H and O–H groups in total. The Labute approximate surface area is 116 Å². The Morgan fingerprint density at radius 2 is 2.18 bits per heavy atom. The van der Waals surface area contributed by atoms with Crippen molar-refractivity contribution in [3.05, 3.63) is 33.9 Å². The van der Waals surface area contributed by atoms with Gasteiger partial charge in [0, 0.05) is 11.5 Å². The van der Waals surface area contributed by atoms with Crippen molar-refractivity contribution in [3.8, 4) is 0 Å². The van der Waals surface area contributed by atoms with Crippen molar-refractivity contribution in [1.29, 1.82) is 0 Å². The summed E-state index contributed by atoms with van der Waals surface area (Å²) in [5.74, 6) is 0.466. The zero-order valence-electron chi connectivity index (χ0n) is 10.5. The summed E-state index contributed by atoms with van der Waals surface area (Å²) in [6.07, 6.45) is 1.79. The van der Waals surface area contributed by atoms with Crippen LogP contribution in [0.5, 0.6) is 0 Å². The first-order valence-corrected chi connectivity index (χ1v) is 6.84. The minimum Gasteiger partial charge on any atom is -0.315 e. The molecule has 2 rings (SSSR count). The highest BCUT2D eigenvalue weighted by molar-refractivity contribution is 14.1. The second kappa shape index (κ2) is 5.06. The molecular weight excluding hydrogens is 327 g/mol. The van der Waals surface area contributed by atoms with Crippen LogP contribution in [-0.2, 0) is 15.9 Å². The summed E-state index contributed by atoms with van der Waals surface area (Å²) in [6, 6.07) is 2.19. The molecule has 0 saturated carbocycles. The van der Waals surface area contributed by atoms with Crippen molar-refractivity contribution < 1.29 is 7.86 Å². The first-order valence-electron chi connectivity index (χ1n) is 5.96. The topological polar surface area (TPSA) is 26.3 Å². The van der Waals surface area contributed by atoms with Gasteiger partial charge in [0.2, 0.25) is 0 Å². The van der Waals surface area contributed by atoms with Crippen LogP contribution in [0.1, 0.15) is 39.5 Å². The number of carbonyl (C=O) groups is 1. The fraction of sp³-hybridized carbons (Fsp3) is 0.500. The molecule has 1 atom stereocenters. The van der Waals surface area contributed by atoms with Crippen LogP contribution in [0.2, 0.25) is 0 Å². The lowest BCUT2D eigenvalue weighted by Crippen LogP contribution is -2.07. The molecule has 2 nitrogen and oxygen atoms in total. The van der Waals surface area contributed by atoms with E-state index in [2.05, 4.69) is 19.9 Å². The van der Waals surface area contributed by atoms with Gasteiger partial charge in [-0.3, -0.25) is 4.79 Å². The van der Waals surface area contributed by atoms with E-state index < -0.39 is 0 Å². The van der Waals surface area contributed by atoms with Gasteiger partial charge in [-0.2, -0.15) is 0 Å². The first-order chi connectivity index (χ1) is 8.06. The number of fused-ring (bicyclic) bond motifs is 1. The number of carbonyl (C=O) groups excluding carboxylic acids is 1. The Morgan fingerprint density at radius 3 is 2.82 bits per heavy atom. The Morgan fingerprint density at radius 1 is 1.47 bits per heavy atom. The van der Waals surface area contributed by atoms with Gasteiger partial charge in [-0.1, -0.05) is 13.0 Å². The van der Waals surface area contributed by atoms with E-state index in [1.165, 1.54) is 22.3 Å². The van der Waals surface area contributed by atoms with Gasteiger partial charge in [-0.05, 0) is 48.9 Å². The fourth-order valence-corrected chi connectivity index (χ4v) is 3.03.